The van der Waals surface area contributed by atoms with Crippen LogP contribution in [0.2, 0.25) is 5.02 Å². The third-order valence-electron chi connectivity index (χ3n) is 5.82. The van der Waals surface area contributed by atoms with E-state index in [1.807, 2.05) is 19.1 Å². The smallest absolute Gasteiger partial charge is 0.141 e. The zero-order valence-electron chi connectivity index (χ0n) is 17.5. The maximum Gasteiger partial charge on any atom is 0.141 e. The third-order valence-corrected chi connectivity index (χ3v) is 6.12. The van der Waals surface area contributed by atoms with Crippen molar-refractivity contribution in [2.45, 2.75) is 39.5 Å². The molecular weight excluding hydrogens is 370 g/mol. The molecule has 2 aromatic carbocycles. The Kier molecular flexibility index (Phi) is 7.25. The first-order valence-electron chi connectivity index (χ1n) is 10.2. The van der Waals surface area contributed by atoms with Gasteiger partial charge in [0.2, 0.25) is 0 Å². The first-order chi connectivity index (χ1) is 13.5. The fourth-order valence-electron chi connectivity index (χ4n) is 4.16. The van der Waals surface area contributed by atoms with Crippen molar-refractivity contribution in [1.82, 2.24) is 4.90 Å². The van der Waals surface area contributed by atoms with Gasteiger partial charge in [-0.2, -0.15) is 0 Å². The maximum absolute atomic E-state index is 6.15. The van der Waals surface area contributed by atoms with Gasteiger partial charge in [0.05, 0.1) is 18.7 Å². The molecule has 0 bridgehead atoms. The van der Waals surface area contributed by atoms with E-state index < -0.39 is 0 Å². The van der Waals surface area contributed by atoms with Crippen LogP contribution in [0.4, 0.5) is 0 Å². The lowest BCUT2D eigenvalue weighted by Crippen LogP contribution is -2.39. The molecule has 2 atom stereocenters. The maximum atomic E-state index is 6.15. The molecule has 1 saturated heterocycles. The van der Waals surface area contributed by atoms with E-state index in [2.05, 4.69) is 43.0 Å². The molecule has 2 aromatic rings. The van der Waals surface area contributed by atoms with Gasteiger partial charge in [-0.05, 0) is 62.3 Å². The summed E-state index contributed by atoms with van der Waals surface area (Å²) < 4.78 is 11.3. The molecule has 4 heteroatoms. The van der Waals surface area contributed by atoms with Gasteiger partial charge in [-0.15, -0.1) is 0 Å². The van der Waals surface area contributed by atoms with Crippen molar-refractivity contribution in [3.8, 4) is 11.5 Å². The van der Waals surface area contributed by atoms with Gasteiger partial charge in [0, 0.05) is 19.2 Å². The molecule has 1 heterocycles. The fourth-order valence-corrected chi connectivity index (χ4v) is 4.46. The van der Waals surface area contributed by atoms with E-state index >= 15 is 0 Å². The zero-order valence-corrected chi connectivity index (χ0v) is 18.3. The summed E-state index contributed by atoms with van der Waals surface area (Å²) in [6.45, 7) is 10.7. The summed E-state index contributed by atoms with van der Waals surface area (Å²) >= 11 is 6.15. The average Bonchev–Trinajstić information content (AvgIpc) is 2.67. The lowest BCUT2D eigenvalue weighted by atomic mass is 9.81. The highest BCUT2D eigenvalue weighted by molar-refractivity contribution is 6.32. The van der Waals surface area contributed by atoms with E-state index in [-0.39, 0.29) is 0 Å². The van der Waals surface area contributed by atoms with E-state index in [1.165, 1.54) is 17.5 Å². The molecule has 1 aliphatic rings. The van der Waals surface area contributed by atoms with Gasteiger partial charge in [0.15, 0.2) is 0 Å². The topological polar surface area (TPSA) is 21.7 Å². The van der Waals surface area contributed by atoms with Gasteiger partial charge in [0.25, 0.3) is 0 Å². The summed E-state index contributed by atoms with van der Waals surface area (Å²) in [7, 11) is 1.63. The molecule has 0 N–H and O–H groups in total. The Hall–Kier alpha value is -1.71. The summed E-state index contributed by atoms with van der Waals surface area (Å²) in [6, 6.07) is 12.9. The van der Waals surface area contributed by atoms with Crippen molar-refractivity contribution in [3.63, 3.8) is 0 Å². The summed E-state index contributed by atoms with van der Waals surface area (Å²) in [6.07, 6.45) is 2.25. The van der Waals surface area contributed by atoms with Crippen LogP contribution in [-0.4, -0.2) is 38.3 Å². The minimum Gasteiger partial charge on any atom is -0.495 e. The van der Waals surface area contributed by atoms with Crippen LogP contribution in [0.1, 0.15) is 42.4 Å². The predicted octanol–water partition coefficient (Wildman–Crippen LogP) is 5.86. The van der Waals surface area contributed by atoms with E-state index in [0.717, 1.165) is 37.4 Å². The number of hydrogen-bond acceptors (Lipinski definition) is 3. The molecule has 2 unspecified atom stereocenters. The molecule has 0 saturated carbocycles. The number of piperidine rings is 1. The van der Waals surface area contributed by atoms with Crippen molar-refractivity contribution in [2.75, 3.05) is 33.4 Å². The van der Waals surface area contributed by atoms with Gasteiger partial charge in [-0.3, -0.25) is 0 Å². The molecule has 0 aromatic heterocycles. The number of aryl methyl sites for hydroxylation is 2. The number of nitrogens with zero attached hydrogens (tertiary/aromatic N) is 1. The third kappa shape index (κ3) is 5.21. The van der Waals surface area contributed by atoms with Crippen molar-refractivity contribution < 1.29 is 9.47 Å². The zero-order chi connectivity index (χ0) is 20.1. The van der Waals surface area contributed by atoms with Crippen LogP contribution in [0, 0.1) is 19.8 Å². The molecule has 0 amide bonds. The van der Waals surface area contributed by atoms with E-state index in [9.17, 15) is 0 Å². The number of rotatable bonds is 7. The standard InChI is InChI=1S/C24H32ClNO2/c1-17-6-8-20(9-7-17)21-10-12-26(16-19(21)3)11-5-13-28-23-15-24(27-4)22(25)14-18(23)2/h6-9,14-15,19,21H,5,10-13,16H2,1-4H3. The fraction of sp³-hybridized carbons (Fsp3) is 0.500. The van der Waals surface area contributed by atoms with E-state index in [0.29, 0.717) is 29.2 Å². The van der Waals surface area contributed by atoms with Gasteiger partial charge < -0.3 is 14.4 Å². The molecule has 0 spiro atoms. The SMILES string of the molecule is COc1cc(OCCCN2CCC(c3ccc(C)cc3)C(C)C2)c(C)cc1Cl. The first-order valence-corrected chi connectivity index (χ1v) is 10.6. The van der Waals surface area contributed by atoms with Crippen LogP contribution in [0.5, 0.6) is 11.5 Å². The second kappa shape index (κ2) is 9.67. The molecule has 28 heavy (non-hydrogen) atoms. The Balaban J connectivity index is 1.45. The molecule has 152 valence electrons. The van der Waals surface area contributed by atoms with Crippen LogP contribution in [0.25, 0.3) is 0 Å². The van der Waals surface area contributed by atoms with Crippen LogP contribution >= 0.6 is 11.6 Å². The molecular formula is C24H32ClNO2. The Labute approximate surface area is 174 Å². The van der Waals surface area contributed by atoms with Crippen LogP contribution in [0.3, 0.4) is 0 Å². The van der Waals surface area contributed by atoms with Gasteiger partial charge in [-0.1, -0.05) is 48.4 Å². The molecule has 1 fully saturated rings. The van der Waals surface area contributed by atoms with Crippen LogP contribution in [0.15, 0.2) is 36.4 Å². The number of ether oxygens (including phenoxy) is 2. The van der Waals surface area contributed by atoms with Crippen molar-refractivity contribution >= 4 is 11.6 Å². The second-order valence-corrected chi connectivity index (χ2v) is 8.45. The van der Waals surface area contributed by atoms with E-state index in [4.69, 9.17) is 21.1 Å². The van der Waals surface area contributed by atoms with Crippen molar-refractivity contribution in [1.29, 1.82) is 0 Å². The normalized spacial score (nSPS) is 20.2. The molecule has 1 aliphatic heterocycles. The summed E-state index contributed by atoms with van der Waals surface area (Å²) in [5, 5.41) is 0.623. The summed E-state index contributed by atoms with van der Waals surface area (Å²) in [4.78, 5) is 2.58. The Morgan fingerprint density at radius 1 is 1.11 bits per heavy atom. The van der Waals surface area contributed by atoms with Crippen molar-refractivity contribution in [2.24, 2.45) is 5.92 Å². The molecule has 0 aliphatic carbocycles. The minimum atomic E-state index is 0.623. The van der Waals surface area contributed by atoms with E-state index in [1.54, 1.807) is 7.11 Å². The Morgan fingerprint density at radius 2 is 1.86 bits per heavy atom. The molecule has 0 radical (unpaired) electrons. The Bertz CT molecular complexity index is 775. The molecule has 3 rings (SSSR count). The lowest BCUT2D eigenvalue weighted by molar-refractivity contribution is 0.152. The highest BCUT2D eigenvalue weighted by Gasteiger charge is 2.26. The highest BCUT2D eigenvalue weighted by Crippen LogP contribution is 2.34. The van der Waals surface area contributed by atoms with Crippen molar-refractivity contribution in [3.05, 3.63) is 58.1 Å². The largest absolute Gasteiger partial charge is 0.495 e. The quantitative estimate of drug-likeness (QED) is 0.542. The molecule has 3 nitrogen and oxygen atoms in total. The second-order valence-electron chi connectivity index (χ2n) is 8.04. The minimum absolute atomic E-state index is 0.623. The Morgan fingerprint density at radius 3 is 2.54 bits per heavy atom. The van der Waals surface area contributed by atoms with Gasteiger partial charge >= 0.3 is 0 Å². The summed E-state index contributed by atoms with van der Waals surface area (Å²) in [5.74, 6) is 2.87. The predicted molar refractivity (Wildman–Crippen MR) is 117 cm³/mol. The number of benzene rings is 2. The van der Waals surface area contributed by atoms with Crippen LogP contribution in [-0.2, 0) is 0 Å². The number of hydrogen-bond donors (Lipinski definition) is 0. The number of likely N-dealkylation sites (tertiary alicyclic amines) is 1. The monoisotopic (exact) mass is 401 g/mol. The highest BCUT2D eigenvalue weighted by atomic mass is 35.5. The average molecular weight is 402 g/mol. The van der Waals surface area contributed by atoms with Crippen LogP contribution < -0.4 is 9.47 Å². The first kappa shape index (κ1) is 21.0. The lowest BCUT2D eigenvalue weighted by Gasteiger charge is -2.37. The number of halogens is 1. The number of methoxy groups -OCH3 is 1. The summed E-state index contributed by atoms with van der Waals surface area (Å²) in [5.41, 5.74) is 3.87. The van der Waals surface area contributed by atoms with Gasteiger partial charge in [0.1, 0.15) is 11.5 Å². The van der Waals surface area contributed by atoms with Gasteiger partial charge in [-0.25, -0.2) is 0 Å².